The van der Waals surface area contributed by atoms with Crippen molar-refractivity contribution >= 4 is 43.0 Å². The predicted octanol–water partition coefficient (Wildman–Crippen LogP) is 2.59. The van der Waals surface area contributed by atoms with Gasteiger partial charge in [-0.25, -0.2) is 22.0 Å². The number of sulfonamides is 1. The predicted molar refractivity (Wildman–Crippen MR) is 121 cm³/mol. The van der Waals surface area contributed by atoms with Crippen molar-refractivity contribution in [3.05, 3.63) is 41.5 Å². The molecule has 31 heavy (non-hydrogen) atoms. The third-order valence-electron chi connectivity index (χ3n) is 4.73. The first kappa shape index (κ1) is 24.5. The number of ether oxygens (including phenoxy) is 3. The van der Waals surface area contributed by atoms with Gasteiger partial charge in [0.2, 0.25) is 10.0 Å². The van der Waals surface area contributed by atoms with Gasteiger partial charge in [-0.2, -0.15) is 0 Å². The first-order valence-corrected chi connectivity index (χ1v) is 14.4. The molecule has 0 spiro atoms. The molecule has 0 saturated heterocycles. The van der Waals surface area contributed by atoms with Crippen LogP contribution < -0.4 is 9.88 Å². The van der Waals surface area contributed by atoms with E-state index in [9.17, 15) is 16.8 Å². The summed E-state index contributed by atoms with van der Waals surface area (Å²) in [6, 6.07) is 8.88. The molecule has 1 aliphatic rings. The van der Waals surface area contributed by atoms with E-state index in [1.165, 1.54) is 17.8 Å². The number of hydrogen-bond acceptors (Lipinski definition) is 9. The van der Waals surface area contributed by atoms with Crippen LogP contribution in [0.4, 0.5) is 0 Å². The van der Waals surface area contributed by atoms with Crippen molar-refractivity contribution in [2.45, 2.75) is 31.6 Å². The van der Waals surface area contributed by atoms with Gasteiger partial charge >= 0.3 is 0 Å². The molecule has 2 heterocycles. The number of thiophene rings is 1. The Morgan fingerprint density at radius 3 is 2.45 bits per heavy atom. The summed E-state index contributed by atoms with van der Waals surface area (Å²) in [4.78, 5) is 0. The Labute approximate surface area is 191 Å². The Balaban J connectivity index is 1.84. The van der Waals surface area contributed by atoms with Crippen LogP contribution in [0.3, 0.4) is 0 Å². The van der Waals surface area contributed by atoms with E-state index in [1.54, 1.807) is 7.11 Å². The highest BCUT2D eigenvalue weighted by molar-refractivity contribution is 8.01. The highest BCUT2D eigenvalue weighted by Crippen LogP contribution is 2.51. The minimum atomic E-state index is -3.99. The largest absolute Gasteiger partial charge is 0.497 e. The molecule has 1 aromatic heterocycles. The molecule has 0 aliphatic carbocycles. The number of primary sulfonamides is 1. The van der Waals surface area contributed by atoms with Gasteiger partial charge in [0.15, 0.2) is 9.84 Å². The average molecular weight is 508 g/mol. The molecule has 2 atom stereocenters. The van der Waals surface area contributed by atoms with Gasteiger partial charge in [0, 0.05) is 12.4 Å². The number of nitrogens with two attached hydrogens (primary N) is 1. The molecule has 0 unspecified atom stereocenters. The SMILES string of the molecule is CCOCCOC[C@H]1[C@@H](SCc2ccc(OC)cc2)c2cc(S(N)(=O)=O)sc2S1(=O)=O. The summed E-state index contributed by atoms with van der Waals surface area (Å²) in [5.74, 6) is 1.27. The van der Waals surface area contributed by atoms with Crippen molar-refractivity contribution in [2.75, 3.05) is 33.5 Å². The first-order chi connectivity index (χ1) is 14.7. The highest BCUT2D eigenvalue weighted by Gasteiger charge is 2.47. The van der Waals surface area contributed by atoms with E-state index in [0.717, 1.165) is 11.3 Å². The zero-order valence-corrected chi connectivity index (χ0v) is 20.4. The molecular weight excluding hydrogens is 482 g/mol. The maximum atomic E-state index is 13.2. The summed E-state index contributed by atoms with van der Waals surface area (Å²) in [6.45, 7) is 3.09. The number of hydrogen-bond donors (Lipinski definition) is 1. The molecule has 1 aliphatic heterocycles. The molecule has 8 nitrogen and oxygen atoms in total. The van der Waals surface area contributed by atoms with Crippen molar-refractivity contribution in [1.29, 1.82) is 0 Å². The van der Waals surface area contributed by atoms with Crippen molar-refractivity contribution < 1.29 is 31.0 Å². The molecule has 0 fully saturated rings. The Hall–Kier alpha value is -1.15. The number of methoxy groups -OCH3 is 1. The van der Waals surface area contributed by atoms with Crippen molar-refractivity contribution in [3.8, 4) is 5.75 Å². The van der Waals surface area contributed by atoms with Gasteiger partial charge in [-0.15, -0.1) is 23.1 Å². The van der Waals surface area contributed by atoms with Gasteiger partial charge in [-0.1, -0.05) is 12.1 Å². The maximum absolute atomic E-state index is 13.2. The highest BCUT2D eigenvalue weighted by atomic mass is 32.3. The van der Waals surface area contributed by atoms with Gasteiger partial charge in [0.05, 0.1) is 32.2 Å². The lowest BCUT2D eigenvalue weighted by molar-refractivity contribution is 0.0529. The Kier molecular flexibility index (Phi) is 8.05. The van der Waals surface area contributed by atoms with Crippen LogP contribution in [0.15, 0.2) is 38.8 Å². The molecule has 0 amide bonds. The summed E-state index contributed by atoms with van der Waals surface area (Å²) in [5, 5.41) is 3.95. The minimum absolute atomic E-state index is 0.00178. The third kappa shape index (κ3) is 5.62. The van der Waals surface area contributed by atoms with Gasteiger partial charge < -0.3 is 14.2 Å². The van der Waals surface area contributed by atoms with Gasteiger partial charge in [-0.3, -0.25) is 0 Å². The van der Waals surface area contributed by atoms with Crippen LogP contribution >= 0.6 is 23.1 Å². The van der Waals surface area contributed by atoms with Gasteiger partial charge in [0.1, 0.15) is 19.4 Å². The lowest BCUT2D eigenvalue weighted by Crippen LogP contribution is -2.27. The van der Waals surface area contributed by atoms with Gasteiger partial charge in [0.25, 0.3) is 0 Å². The van der Waals surface area contributed by atoms with Crippen molar-refractivity contribution in [2.24, 2.45) is 5.14 Å². The molecule has 1 aromatic carbocycles. The standard InChI is InChI=1S/C19H25NO7S4/c1-3-26-8-9-27-11-16-18(28-12-13-4-6-14(25-2)7-5-13)15-10-17(31(20,23)24)29-19(15)30(16,21)22/h4-7,10,16,18H,3,8-9,11-12H2,1-2H3,(H2,20,23,24)/t16-,18-/m0/s1. The lowest BCUT2D eigenvalue weighted by Gasteiger charge is -2.19. The molecule has 0 bridgehead atoms. The normalized spacial score (nSPS) is 20.0. The Morgan fingerprint density at radius 2 is 1.84 bits per heavy atom. The van der Waals surface area contributed by atoms with Gasteiger partial charge in [-0.05, 0) is 36.2 Å². The molecule has 2 aromatic rings. The fraction of sp³-hybridized carbons (Fsp3) is 0.474. The quantitative estimate of drug-likeness (QED) is 0.461. The maximum Gasteiger partial charge on any atom is 0.247 e. The third-order valence-corrected chi connectivity index (χ3v) is 11.6. The van der Waals surface area contributed by atoms with Crippen LogP contribution in [-0.4, -0.2) is 55.6 Å². The van der Waals surface area contributed by atoms with Crippen LogP contribution in [0.1, 0.15) is 23.3 Å². The van der Waals surface area contributed by atoms with E-state index < -0.39 is 30.4 Å². The number of rotatable bonds is 11. The second kappa shape index (κ2) is 10.2. The molecule has 2 N–H and O–H groups in total. The molecular formula is C19H25NO7S4. The Bertz CT molecular complexity index is 1090. The summed E-state index contributed by atoms with van der Waals surface area (Å²) in [7, 11) is -6.15. The van der Waals surface area contributed by atoms with Crippen LogP contribution in [0, 0.1) is 0 Å². The van der Waals surface area contributed by atoms with E-state index in [2.05, 4.69) is 0 Å². The summed E-state index contributed by atoms with van der Waals surface area (Å²) in [5.41, 5.74) is 1.47. The lowest BCUT2D eigenvalue weighted by atomic mass is 10.2. The van der Waals surface area contributed by atoms with E-state index in [0.29, 0.717) is 35.9 Å². The molecule has 3 rings (SSSR count). The summed E-state index contributed by atoms with van der Waals surface area (Å²) in [6.07, 6.45) is 0. The number of thioether (sulfide) groups is 1. The second-order valence-corrected chi connectivity index (χ2v) is 13.1. The van der Waals surface area contributed by atoms with E-state index in [-0.39, 0.29) is 21.6 Å². The second-order valence-electron chi connectivity index (χ2n) is 6.79. The molecule has 172 valence electrons. The molecule has 0 saturated carbocycles. The summed E-state index contributed by atoms with van der Waals surface area (Å²) < 4.78 is 65.8. The topological polar surface area (TPSA) is 122 Å². The monoisotopic (exact) mass is 507 g/mol. The summed E-state index contributed by atoms with van der Waals surface area (Å²) >= 11 is 2.14. The average Bonchev–Trinajstić information content (AvgIpc) is 3.25. The smallest absolute Gasteiger partial charge is 0.247 e. The Morgan fingerprint density at radius 1 is 1.16 bits per heavy atom. The van der Waals surface area contributed by atoms with Crippen molar-refractivity contribution in [3.63, 3.8) is 0 Å². The first-order valence-electron chi connectivity index (χ1n) is 9.49. The van der Waals surface area contributed by atoms with Crippen molar-refractivity contribution in [1.82, 2.24) is 0 Å². The fourth-order valence-electron chi connectivity index (χ4n) is 3.17. The number of sulfone groups is 1. The fourth-order valence-corrected chi connectivity index (χ4v) is 9.70. The van der Waals surface area contributed by atoms with Crippen LogP contribution in [0.2, 0.25) is 0 Å². The van der Waals surface area contributed by atoms with E-state index in [4.69, 9.17) is 19.3 Å². The van der Waals surface area contributed by atoms with E-state index in [1.807, 2.05) is 31.2 Å². The molecule has 12 heteroatoms. The van der Waals surface area contributed by atoms with E-state index >= 15 is 0 Å². The zero-order valence-electron chi connectivity index (χ0n) is 17.1. The van der Waals surface area contributed by atoms with Crippen LogP contribution in [0.5, 0.6) is 5.75 Å². The number of benzene rings is 1. The molecule has 0 radical (unpaired) electrons. The minimum Gasteiger partial charge on any atom is -0.497 e. The van der Waals surface area contributed by atoms with Crippen LogP contribution in [0.25, 0.3) is 0 Å². The van der Waals surface area contributed by atoms with Crippen LogP contribution in [-0.2, 0) is 35.1 Å². The number of fused-ring (bicyclic) bond motifs is 1. The zero-order chi connectivity index (χ0) is 22.6.